The van der Waals surface area contributed by atoms with Crippen LogP contribution in [0, 0.1) is 5.92 Å². The highest BCUT2D eigenvalue weighted by molar-refractivity contribution is 5.83. The first kappa shape index (κ1) is 18.2. The van der Waals surface area contributed by atoms with Crippen LogP contribution in [0.3, 0.4) is 0 Å². The van der Waals surface area contributed by atoms with Gasteiger partial charge < -0.3 is 15.0 Å². The number of carbonyl (C=O) groups excluding carboxylic acids is 2. The molecule has 0 bridgehead atoms. The number of hydrogen-bond acceptors (Lipinski definition) is 5. The molecular weight excluding hydrogens is 331 g/mol. The highest BCUT2D eigenvalue weighted by atomic mass is 19.4. The molecular formula is C13H18F3N5O3. The van der Waals surface area contributed by atoms with Crippen molar-refractivity contribution in [3.05, 3.63) is 11.6 Å². The average Bonchev–Trinajstić information content (AvgIpc) is 3.01. The van der Waals surface area contributed by atoms with Crippen LogP contribution >= 0.6 is 0 Å². The first-order valence-corrected chi connectivity index (χ1v) is 7.34. The van der Waals surface area contributed by atoms with Crippen LogP contribution in [-0.4, -0.2) is 58.7 Å². The molecule has 0 spiro atoms. The minimum absolute atomic E-state index is 0.0406. The molecule has 2 N–H and O–H groups in total. The third kappa shape index (κ3) is 4.66. The molecule has 1 saturated heterocycles. The standard InChI is InChI=1S/C13H18F3N5O3/c1-24-5-4-21-7-8(2-3-10(21)22)11(23)17-6-9-18-12(20-19-9)13(14,15)16/h8H,2-7H2,1H3,(H,17,23)(H,18,19,20)/t8-/m0/s1. The summed E-state index contributed by atoms with van der Waals surface area (Å²) >= 11 is 0. The fourth-order valence-electron chi connectivity index (χ4n) is 2.36. The second-order valence-corrected chi connectivity index (χ2v) is 5.39. The lowest BCUT2D eigenvalue weighted by atomic mass is 9.96. The van der Waals surface area contributed by atoms with E-state index in [4.69, 9.17) is 4.74 Å². The number of ether oxygens (including phenoxy) is 1. The summed E-state index contributed by atoms with van der Waals surface area (Å²) in [5.74, 6) is -2.15. The molecule has 134 valence electrons. The van der Waals surface area contributed by atoms with Crippen LogP contribution in [0.5, 0.6) is 0 Å². The number of piperidine rings is 1. The third-order valence-corrected chi connectivity index (χ3v) is 3.65. The Balaban J connectivity index is 1.86. The third-order valence-electron chi connectivity index (χ3n) is 3.65. The Bertz CT molecular complexity index is 590. The summed E-state index contributed by atoms with van der Waals surface area (Å²) in [5, 5.41) is 7.71. The van der Waals surface area contributed by atoms with Gasteiger partial charge in [0.15, 0.2) is 0 Å². The van der Waals surface area contributed by atoms with Crippen molar-refractivity contribution in [3.63, 3.8) is 0 Å². The van der Waals surface area contributed by atoms with Crippen molar-refractivity contribution in [2.45, 2.75) is 25.6 Å². The fraction of sp³-hybridized carbons (Fsp3) is 0.692. The van der Waals surface area contributed by atoms with Gasteiger partial charge in [-0.1, -0.05) is 0 Å². The highest BCUT2D eigenvalue weighted by Crippen LogP contribution is 2.25. The van der Waals surface area contributed by atoms with Crippen LogP contribution in [0.25, 0.3) is 0 Å². The zero-order chi connectivity index (χ0) is 17.7. The van der Waals surface area contributed by atoms with Crippen LogP contribution in [0.4, 0.5) is 13.2 Å². The Labute approximate surface area is 135 Å². The zero-order valence-corrected chi connectivity index (χ0v) is 13.0. The molecule has 1 aromatic rings. The van der Waals surface area contributed by atoms with Gasteiger partial charge in [-0.2, -0.15) is 13.2 Å². The number of aromatic amines is 1. The van der Waals surface area contributed by atoms with E-state index in [1.54, 1.807) is 4.90 Å². The number of halogens is 3. The predicted molar refractivity (Wildman–Crippen MR) is 74.4 cm³/mol. The second kappa shape index (κ2) is 7.60. The van der Waals surface area contributed by atoms with Crippen molar-refractivity contribution >= 4 is 11.8 Å². The van der Waals surface area contributed by atoms with Crippen molar-refractivity contribution in [3.8, 4) is 0 Å². The molecule has 0 aliphatic carbocycles. The van der Waals surface area contributed by atoms with E-state index in [1.807, 2.05) is 0 Å². The van der Waals surface area contributed by atoms with Gasteiger partial charge in [0.05, 0.1) is 19.1 Å². The van der Waals surface area contributed by atoms with Crippen LogP contribution in [0.1, 0.15) is 24.5 Å². The van der Waals surface area contributed by atoms with E-state index in [0.29, 0.717) is 19.6 Å². The van der Waals surface area contributed by atoms with Crippen molar-refractivity contribution in [2.24, 2.45) is 5.92 Å². The fourth-order valence-corrected chi connectivity index (χ4v) is 2.36. The summed E-state index contributed by atoms with van der Waals surface area (Å²) in [4.78, 5) is 28.7. The molecule has 24 heavy (non-hydrogen) atoms. The van der Waals surface area contributed by atoms with E-state index in [1.165, 1.54) is 7.11 Å². The van der Waals surface area contributed by atoms with Gasteiger partial charge in [-0.15, -0.1) is 5.10 Å². The highest BCUT2D eigenvalue weighted by Gasteiger charge is 2.36. The Morgan fingerprint density at radius 2 is 2.25 bits per heavy atom. The summed E-state index contributed by atoms with van der Waals surface area (Å²) in [6, 6.07) is 0. The molecule has 1 aromatic heterocycles. The number of likely N-dealkylation sites (tertiary alicyclic amines) is 1. The number of methoxy groups -OCH3 is 1. The molecule has 0 radical (unpaired) electrons. The molecule has 0 saturated carbocycles. The molecule has 1 aliphatic heterocycles. The maximum Gasteiger partial charge on any atom is 0.453 e. The smallest absolute Gasteiger partial charge is 0.383 e. The molecule has 1 fully saturated rings. The lowest BCUT2D eigenvalue weighted by Crippen LogP contribution is -2.46. The number of alkyl halides is 3. The van der Waals surface area contributed by atoms with Crippen LogP contribution in [0.15, 0.2) is 0 Å². The summed E-state index contributed by atoms with van der Waals surface area (Å²) in [6.45, 7) is 0.844. The molecule has 2 heterocycles. The van der Waals surface area contributed by atoms with Gasteiger partial charge in [0.2, 0.25) is 11.8 Å². The Morgan fingerprint density at radius 1 is 1.50 bits per heavy atom. The SMILES string of the molecule is COCCN1C[C@@H](C(=O)NCc2nc(C(F)(F)F)n[nH]2)CCC1=O. The summed E-state index contributed by atoms with van der Waals surface area (Å²) in [6.07, 6.45) is -3.98. The van der Waals surface area contributed by atoms with Crippen molar-refractivity contribution in [2.75, 3.05) is 26.8 Å². The molecule has 11 heteroatoms. The van der Waals surface area contributed by atoms with Crippen molar-refractivity contribution in [1.29, 1.82) is 0 Å². The molecule has 2 rings (SSSR count). The predicted octanol–water partition coefficient (Wildman–Crippen LogP) is 0.325. The van der Waals surface area contributed by atoms with Gasteiger partial charge in [-0.25, -0.2) is 4.98 Å². The van der Waals surface area contributed by atoms with E-state index in [-0.39, 0.29) is 37.1 Å². The van der Waals surface area contributed by atoms with E-state index in [2.05, 4.69) is 20.5 Å². The van der Waals surface area contributed by atoms with Gasteiger partial charge >= 0.3 is 6.18 Å². The minimum Gasteiger partial charge on any atom is -0.383 e. The van der Waals surface area contributed by atoms with E-state index in [0.717, 1.165) is 0 Å². The Morgan fingerprint density at radius 3 is 2.88 bits per heavy atom. The maximum absolute atomic E-state index is 12.4. The van der Waals surface area contributed by atoms with E-state index >= 15 is 0 Å². The first-order valence-electron chi connectivity index (χ1n) is 7.34. The van der Waals surface area contributed by atoms with Gasteiger partial charge in [-0.3, -0.25) is 14.7 Å². The van der Waals surface area contributed by atoms with E-state index in [9.17, 15) is 22.8 Å². The number of aromatic nitrogens is 3. The number of H-pyrrole nitrogens is 1. The molecule has 2 amide bonds. The number of amides is 2. The van der Waals surface area contributed by atoms with Gasteiger partial charge in [0.25, 0.3) is 5.82 Å². The van der Waals surface area contributed by atoms with E-state index < -0.39 is 17.9 Å². The minimum atomic E-state index is -4.63. The van der Waals surface area contributed by atoms with Gasteiger partial charge in [0.1, 0.15) is 5.82 Å². The summed E-state index contributed by atoms with van der Waals surface area (Å²) in [7, 11) is 1.52. The Hall–Kier alpha value is -2.17. The quantitative estimate of drug-likeness (QED) is 0.771. The van der Waals surface area contributed by atoms with Gasteiger partial charge in [0, 0.05) is 26.6 Å². The number of nitrogens with zero attached hydrogens (tertiary/aromatic N) is 3. The lowest BCUT2D eigenvalue weighted by molar-refractivity contribution is -0.144. The van der Waals surface area contributed by atoms with Crippen LogP contribution in [0.2, 0.25) is 0 Å². The lowest BCUT2D eigenvalue weighted by Gasteiger charge is -2.31. The van der Waals surface area contributed by atoms with Crippen LogP contribution < -0.4 is 5.32 Å². The van der Waals surface area contributed by atoms with Crippen LogP contribution in [-0.2, 0) is 27.0 Å². The number of carbonyl (C=O) groups is 2. The molecule has 1 atom stereocenters. The normalized spacial score (nSPS) is 18.8. The maximum atomic E-state index is 12.4. The monoisotopic (exact) mass is 349 g/mol. The van der Waals surface area contributed by atoms with Gasteiger partial charge in [-0.05, 0) is 6.42 Å². The molecule has 0 unspecified atom stereocenters. The number of hydrogen-bond donors (Lipinski definition) is 2. The molecule has 1 aliphatic rings. The zero-order valence-electron chi connectivity index (χ0n) is 13.0. The summed E-state index contributed by atoms with van der Waals surface area (Å²) < 4.78 is 42.1. The molecule has 0 aromatic carbocycles. The Kier molecular flexibility index (Phi) is 5.75. The largest absolute Gasteiger partial charge is 0.453 e. The average molecular weight is 349 g/mol. The topological polar surface area (TPSA) is 100 Å². The second-order valence-electron chi connectivity index (χ2n) is 5.39. The molecule has 8 nitrogen and oxygen atoms in total. The number of nitrogens with one attached hydrogen (secondary N) is 2. The van der Waals surface area contributed by atoms with Crippen molar-refractivity contribution in [1.82, 2.24) is 25.4 Å². The number of rotatable bonds is 6. The van der Waals surface area contributed by atoms with Crippen molar-refractivity contribution < 1.29 is 27.5 Å². The first-order chi connectivity index (χ1) is 11.3. The summed E-state index contributed by atoms with van der Waals surface area (Å²) in [5.41, 5.74) is 0.